The third-order valence-corrected chi connectivity index (χ3v) is 4.80. The molecule has 1 atom stereocenters. The van der Waals surface area contributed by atoms with Gasteiger partial charge in [-0.3, -0.25) is 9.59 Å². The summed E-state index contributed by atoms with van der Waals surface area (Å²) < 4.78 is 5.13. The average Bonchev–Trinajstić information content (AvgIpc) is 2.78. The zero-order valence-electron chi connectivity index (χ0n) is 16.6. The fourth-order valence-electron chi connectivity index (χ4n) is 3.02. The van der Waals surface area contributed by atoms with Crippen molar-refractivity contribution in [1.82, 2.24) is 10.6 Å². The van der Waals surface area contributed by atoms with E-state index in [1.807, 2.05) is 48.5 Å². The van der Waals surface area contributed by atoms with Crippen molar-refractivity contribution in [1.29, 1.82) is 0 Å². The first kappa shape index (κ1) is 21.6. The Labute approximate surface area is 181 Å². The van der Waals surface area contributed by atoms with E-state index in [1.165, 1.54) is 0 Å². The lowest BCUT2D eigenvalue weighted by atomic mass is 10.0. The van der Waals surface area contributed by atoms with Gasteiger partial charge in [-0.25, -0.2) is 0 Å². The fraction of sp³-hybridized carbons (Fsp3) is 0.167. The van der Waals surface area contributed by atoms with E-state index in [2.05, 4.69) is 10.6 Å². The Balaban J connectivity index is 1.75. The van der Waals surface area contributed by atoms with Crippen molar-refractivity contribution >= 4 is 23.4 Å². The van der Waals surface area contributed by atoms with Crippen LogP contribution in [-0.4, -0.2) is 18.9 Å². The number of halogens is 1. The van der Waals surface area contributed by atoms with E-state index in [9.17, 15) is 9.59 Å². The first-order valence-electron chi connectivity index (χ1n) is 9.52. The van der Waals surface area contributed by atoms with Gasteiger partial charge in [0.2, 0.25) is 5.91 Å². The lowest BCUT2D eigenvalue weighted by Crippen LogP contribution is -2.40. The Kier molecular flexibility index (Phi) is 7.60. The highest BCUT2D eigenvalue weighted by molar-refractivity contribution is 6.30. The summed E-state index contributed by atoms with van der Waals surface area (Å²) in [6.45, 7) is 0.739. The highest BCUT2D eigenvalue weighted by Crippen LogP contribution is 2.16. The quantitative estimate of drug-likeness (QED) is 0.569. The summed E-state index contributed by atoms with van der Waals surface area (Å²) in [6, 6.07) is 22.7. The molecule has 1 unspecified atom stereocenters. The average molecular weight is 423 g/mol. The zero-order valence-corrected chi connectivity index (χ0v) is 17.4. The molecule has 0 aromatic heterocycles. The second-order valence-electron chi connectivity index (χ2n) is 6.79. The summed E-state index contributed by atoms with van der Waals surface area (Å²) >= 11 is 5.91. The zero-order chi connectivity index (χ0) is 21.3. The summed E-state index contributed by atoms with van der Waals surface area (Å²) in [5.41, 5.74) is 2.97. The Hall–Kier alpha value is -3.15. The minimum atomic E-state index is -0.822. The number of hydrogen-bond acceptors (Lipinski definition) is 3. The van der Waals surface area contributed by atoms with Crippen LogP contribution in [0.2, 0.25) is 5.02 Å². The molecule has 154 valence electrons. The SMILES string of the molecule is COCc1cccc(C(=O)NC(C(=O)NCc2ccc(Cl)cc2)c2ccccc2)c1. The number of carbonyl (C=O) groups excluding carboxylic acids is 2. The van der Waals surface area contributed by atoms with Gasteiger partial charge in [0.15, 0.2) is 0 Å². The number of benzene rings is 3. The minimum absolute atomic E-state index is 0.294. The standard InChI is InChI=1S/C24H23ClN2O3/c1-30-16-18-6-5-9-20(14-18)23(28)27-22(19-7-3-2-4-8-19)24(29)26-15-17-10-12-21(25)13-11-17/h2-14,22H,15-16H2,1H3,(H,26,29)(H,27,28). The number of ether oxygens (including phenoxy) is 1. The van der Waals surface area contributed by atoms with Crippen molar-refractivity contribution in [3.8, 4) is 0 Å². The topological polar surface area (TPSA) is 67.4 Å². The largest absolute Gasteiger partial charge is 0.380 e. The summed E-state index contributed by atoms with van der Waals surface area (Å²) in [6.07, 6.45) is 0. The van der Waals surface area contributed by atoms with Crippen LogP contribution in [0.25, 0.3) is 0 Å². The van der Waals surface area contributed by atoms with E-state index in [0.717, 1.165) is 11.1 Å². The van der Waals surface area contributed by atoms with E-state index in [1.54, 1.807) is 37.4 Å². The molecule has 0 saturated heterocycles. The van der Waals surface area contributed by atoms with E-state index in [4.69, 9.17) is 16.3 Å². The molecule has 0 aliphatic heterocycles. The number of carbonyl (C=O) groups is 2. The van der Waals surface area contributed by atoms with Gasteiger partial charge in [-0.15, -0.1) is 0 Å². The van der Waals surface area contributed by atoms with Gasteiger partial charge < -0.3 is 15.4 Å². The van der Waals surface area contributed by atoms with Crippen LogP contribution in [0.15, 0.2) is 78.9 Å². The van der Waals surface area contributed by atoms with Gasteiger partial charge in [0.05, 0.1) is 6.61 Å². The first-order valence-corrected chi connectivity index (χ1v) is 9.90. The fourth-order valence-corrected chi connectivity index (χ4v) is 3.15. The third kappa shape index (κ3) is 5.92. The number of rotatable bonds is 8. The number of hydrogen-bond donors (Lipinski definition) is 2. The van der Waals surface area contributed by atoms with Gasteiger partial charge in [0.1, 0.15) is 6.04 Å². The van der Waals surface area contributed by atoms with Gasteiger partial charge in [0, 0.05) is 24.2 Å². The van der Waals surface area contributed by atoms with Crippen molar-refractivity contribution in [2.75, 3.05) is 7.11 Å². The van der Waals surface area contributed by atoms with Gasteiger partial charge in [0.25, 0.3) is 5.91 Å². The molecule has 3 rings (SSSR count). The molecule has 0 fully saturated rings. The minimum Gasteiger partial charge on any atom is -0.380 e. The Morgan fingerprint density at radius 3 is 2.37 bits per heavy atom. The highest BCUT2D eigenvalue weighted by Gasteiger charge is 2.23. The molecule has 0 aliphatic carbocycles. The molecule has 3 aromatic carbocycles. The van der Waals surface area contributed by atoms with Crippen molar-refractivity contribution in [3.63, 3.8) is 0 Å². The van der Waals surface area contributed by atoms with Crippen molar-refractivity contribution in [2.45, 2.75) is 19.2 Å². The summed E-state index contributed by atoms with van der Waals surface area (Å²) in [4.78, 5) is 25.8. The smallest absolute Gasteiger partial charge is 0.252 e. The van der Waals surface area contributed by atoms with Crippen LogP contribution in [-0.2, 0) is 22.7 Å². The van der Waals surface area contributed by atoms with Crippen LogP contribution < -0.4 is 10.6 Å². The Morgan fingerprint density at radius 2 is 1.67 bits per heavy atom. The molecule has 3 aromatic rings. The van der Waals surface area contributed by atoms with Crippen molar-refractivity contribution in [3.05, 3.63) is 106 Å². The molecule has 0 spiro atoms. The number of amides is 2. The van der Waals surface area contributed by atoms with Gasteiger partial charge >= 0.3 is 0 Å². The van der Waals surface area contributed by atoms with Gasteiger partial charge in [-0.1, -0.05) is 66.2 Å². The first-order chi connectivity index (χ1) is 14.6. The molecule has 30 heavy (non-hydrogen) atoms. The molecule has 0 bridgehead atoms. The van der Waals surface area contributed by atoms with Crippen molar-refractivity contribution in [2.24, 2.45) is 0 Å². The van der Waals surface area contributed by atoms with E-state index < -0.39 is 6.04 Å². The lowest BCUT2D eigenvalue weighted by Gasteiger charge is -2.19. The summed E-state index contributed by atoms with van der Waals surface area (Å²) in [5, 5.41) is 6.37. The number of nitrogens with one attached hydrogen (secondary N) is 2. The van der Waals surface area contributed by atoms with E-state index >= 15 is 0 Å². The molecule has 2 N–H and O–H groups in total. The molecule has 0 heterocycles. The third-order valence-electron chi connectivity index (χ3n) is 4.55. The van der Waals surface area contributed by atoms with Crippen LogP contribution in [0.5, 0.6) is 0 Å². The molecule has 0 saturated carbocycles. The van der Waals surface area contributed by atoms with Gasteiger partial charge in [-0.2, -0.15) is 0 Å². The maximum absolute atomic E-state index is 12.9. The summed E-state index contributed by atoms with van der Waals surface area (Å²) in [7, 11) is 1.60. The molecule has 6 heteroatoms. The van der Waals surface area contributed by atoms with Crippen LogP contribution in [0.1, 0.15) is 33.1 Å². The van der Waals surface area contributed by atoms with Crippen LogP contribution in [0.3, 0.4) is 0 Å². The summed E-state index contributed by atoms with van der Waals surface area (Å²) in [5.74, 6) is -0.624. The lowest BCUT2D eigenvalue weighted by molar-refractivity contribution is -0.123. The maximum atomic E-state index is 12.9. The molecular weight excluding hydrogens is 400 g/mol. The number of methoxy groups -OCH3 is 1. The van der Waals surface area contributed by atoms with E-state index in [0.29, 0.717) is 29.3 Å². The predicted octanol–water partition coefficient (Wildman–Crippen LogP) is 4.27. The Bertz CT molecular complexity index is 991. The highest BCUT2D eigenvalue weighted by atomic mass is 35.5. The molecule has 0 aliphatic rings. The van der Waals surface area contributed by atoms with E-state index in [-0.39, 0.29) is 11.8 Å². The predicted molar refractivity (Wildman–Crippen MR) is 117 cm³/mol. The second kappa shape index (κ2) is 10.6. The van der Waals surface area contributed by atoms with Crippen molar-refractivity contribution < 1.29 is 14.3 Å². The maximum Gasteiger partial charge on any atom is 0.252 e. The van der Waals surface area contributed by atoms with Crippen LogP contribution in [0, 0.1) is 0 Å². The molecule has 5 nitrogen and oxygen atoms in total. The van der Waals surface area contributed by atoms with Gasteiger partial charge in [-0.05, 0) is 41.0 Å². The second-order valence-corrected chi connectivity index (χ2v) is 7.23. The molecular formula is C24H23ClN2O3. The molecule has 2 amide bonds. The van der Waals surface area contributed by atoms with Crippen LogP contribution in [0.4, 0.5) is 0 Å². The van der Waals surface area contributed by atoms with Crippen LogP contribution >= 0.6 is 11.6 Å². The Morgan fingerprint density at radius 1 is 0.933 bits per heavy atom. The molecule has 0 radical (unpaired) electrons. The monoisotopic (exact) mass is 422 g/mol. The normalized spacial score (nSPS) is 11.5.